The summed E-state index contributed by atoms with van der Waals surface area (Å²) in [6.07, 6.45) is -45.7. The molecule has 16 N–H and O–H groups in total. The van der Waals surface area contributed by atoms with Crippen LogP contribution >= 0.6 is 0 Å². The minimum absolute atomic E-state index is 0.0259. The Labute approximate surface area is 537 Å². The number of ketones is 2. The summed E-state index contributed by atoms with van der Waals surface area (Å²) in [7, 11) is 0. The molecule has 9 fully saturated rings. The van der Waals surface area contributed by atoms with E-state index in [1.807, 2.05) is 13.8 Å². The van der Waals surface area contributed by atoms with E-state index in [4.69, 9.17) is 61.6 Å². The summed E-state index contributed by atoms with van der Waals surface area (Å²) in [5, 5.41) is 177. The van der Waals surface area contributed by atoms with Gasteiger partial charge in [-0.1, -0.05) is 45.8 Å². The smallest absolute Gasteiger partial charge is 0.187 e. The molecule has 31 nitrogen and oxygen atoms in total. The van der Waals surface area contributed by atoms with Gasteiger partial charge in [-0.05, 0) is 76.0 Å². The number of hydrogen-bond acceptors (Lipinski definition) is 31. The number of carbonyl (C=O) groups is 2. The van der Waals surface area contributed by atoms with Crippen LogP contribution in [0, 0.1) is 33.5 Å². The van der Waals surface area contributed by atoms with Gasteiger partial charge in [0.15, 0.2) is 43.5 Å². The molecule has 11 rings (SSSR count). The maximum Gasteiger partial charge on any atom is 0.187 e. The molecule has 0 bridgehead atoms. The van der Waals surface area contributed by atoms with Crippen molar-refractivity contribution in [3.8, 4) is 0 Å². The molecule has 7 aliphatic heterocycles. The Morgan fingerprint density at radius 2 is 1.09 bits per heavy atom. The van der Waals surface area contributed by atoms with Gasteiger partial charge in [-0.3, -0.25) is 9.59 Å². The monoisotopic (exact) mass is 1340 g/mol. The van der Waals surface area contributed by atoms with Crippen molar-refractivity contribution in [1.82, 2.24) is 0 Å². The van der Waals surface area contributed by atoms with Crippen molar-refractivity contribution in [2.45, 2.75) is 290 Å². The number of hydrogen-bond donors (Lipinski definition) is 16. The molecule has 93 heavy (non-hydrogen) atoms. The maximum atomic E-state index is 14.8. The van der Waals surface area contributed by atoms with Gasteiger partial charge in [-0.2, -0.15) is 0 Å². The van der Waals surface area contributed by atoms with Crippen molar-refractivity contribution in [1.29, 1.82) is 0 Å². The summed E-state index contributed by atoms with van der Waals surface area (Å²) in [5.74, 6) is -0.105. The lowest BCUT2D eigenvalue weighted by atomic mass is 9.42. The molecule has 1 unspecified atom stereocenters. The molecule has 0 radical (unpaired) electrons. The van der Waals surface area contributed by atoms with Gasteiger partial charge in [0.05, 0.1) is 62.9 Å². The minimum Gasteiger partial charge on any atom is -0.396 e. The van der Waals surface area contributed by atoms with Gasteiger partial charge in [0.2, 0.25) is 0 Å². The van der Waals surface area contributed by atoms with Crippen molar-refractivity contribution in [2.24, 2.45) is 33.5 Å². The van der Waals surface area contributed by atoms with Crippen LogP contribution < -0.4 is 0 Å². The van der Waals surface area contributed by atoms with Crippen LogP contribution in [-0.4, -0.2) is 317 Å². The summed E-state index contributed by atoms with van der Waals surface area (Å²) in [6, 6.07) is 0. The lowest BCUT2D eigenvalue weighted by Gasteiger charge is -2.63. The van der Waals surface area contributed by atoms with E-state index in [0.29, 0.717) is 51.4 Å². The van der Waals surface area contributed by atoms with Crippen molar-refractivity contribution in [3.05, 3.63) is 11.1 Å². The van der Waals surface area contributed by atoms with Crippen LogP contribution in [0.3, 0.4) is 0 Å². The maximum absolute atomic E-state index is 14.8. The summed E-state index contributed by atoms with van der Waals surface area (Å²) >= 11 is 0. The highest BCUT2D eigenvalue weighted by Gasteiger charge is 2.75. The molecule has 1 spiro atoms. The largest absolute Gasteiger partial charge is 0.396 e. The number of allylic oxidation sites excluding steroid dienone is 2. The first-order valence-electron chi connectivity index (χ1n) is 32.8. The summed E-state index contributed by atoms with van der Waals surface area (Å²) in [5.41, 5.74) is -1.48. The average Bonchev–Trinajstić information content (AvgIpc) is 1.55. The van der Waals surface area contributed by atoms with Crippen LogP contribution in [0.1, 0.15) is 106 Å². The van der Waals surface area contributed by atoms with E-state index in [-0.39, 0.29) is 36.4 Å². The highest BCUT2D eigenvalue weighted by molar-refractivity contribution is 5.94. The van der Waals surface area contributed by atoms with Crippen molar-refractivity contribution in [3.63, 3.8) is 0 Å². The Morgan fingerprint density at radius 3 is 1.72 bits per heavy atom. The number of ether oxygens (including phenoxy) is 13. The van der Waals surface area contributed by atoms with Gasteiger partial charge in [0.25, 0.3) is 0 Å². The van der Waals surface area contributed by atoms with E-state index in [1.165, 1.54) is 12.5 Å². The highest BCUT2D eigenvalue weighted by Crippen LogP contribution is 2.74. The Balaban J connectivity index is 0.815. The molecule has 0 aromatic heterocycles. The number of rotatable bonds is 18. The molecular weight excluding hydrogens is 1240 g/mol. The van der Waals surface area contributed by atoms with Gasteiger partial charge in [0, 0.05) is 23.7 Å². The molecule has 0 aromatic rings. The van der Waals surface area contributed by atoms with Crippen molar-refractivity contribution in [2.75, 3.05) is 39.6 Å². The van der Waals surface area contributed by atoms with Gasteiger partial charge in [0.1, 0.15) is 134 Å². The Kier molecular flexibility index (Phi) is 21.3. The van der Waals surface area contributed by atoms with Crippen molar-refractivity contribution >= 4 is 11.6 Å². The lowest BCUT2D eigenvalue weighted by Crippen LogP contribution is -2.68. The van der Waals surface area contributed by atoms with Gasteiger partial charge >= 0.3 is 0 Å². The quantitative estimate of drug-likeness (QED) is 0.0570. The normalized spacial score (nSPS) is 54.3. The van der Waals surface area contributed by atoms with Crippen molar-refractivity contribution < 1.29 is 153 Å². The predicted octanol–water partition coefficient (Wildman–Crippen LogP) is -5.34. The molecule has 2 saturated carbocycles. The zero-order valence-corrected chi connectivity index (χ0v) is 53.3. The van der Waals surface area contributed by atoms with Gasteiger partial charge in [-0.25, -0.2) is 0 Å². The predicted molar refractivity (Wildman–Crippen MR) is 306 cm³/mol. The molecule has 7 heterocycles. The molecule has 11 aliphatic rings. The third-order valence-electron chi connectivity index (χ3n) is 23.7. The third-order valence-corrected chi connectivity index (χ3v) is 23.7. The molecule has 0 amide bonds. The van der Waals surface area contributed by atoms with Crippen LogP contribution in [0.25, 0.3) is 0 Å². The Hall–Kier alpha value is -2.08. The van der Waals surface area contributed by atoms with E-state index < -0.39 is 238 Å². The summed E-state index contributed by atoms with van der Waals surface area (Å²) in [4.78, 5) is 27.8. The molecule has 7 saturated heterocycles. The fraction of sp³-hybridized carbons (Fsp3) is 0.935. The number of fused-ring (bicyclic) bond motifs is 5. The number of carbonyl (C=O) groups excluding carboxylic acids is 2. The molecule has 36 atom stereocenters. The SMILES string of the molecule is CCC(=O)C1C[C@@H](C)[C@]2(CC(=O)[C@@]3(C)C4=C(CC[C@@]32C)[C@@]2(C)CC[C@H](O[C@@H]3O[C@H](CO[C@@H]5OC[C@H](O)[C@H](O)[C@H]5O[C@@H]5O[C@H](CO)[C@@H](O)[C@H](O[C@@H]6OC[C@H](O)[C@H](O)[C@H]6O[C@@H]6O[C@@H](CO)[C@H](O)[C@@H]6O)[C@H]5O[C@@H]5O[C@@H](C)[C@H](O)[C@@H](O)[C@H]5O)[C@@H](O)[C@H](O)[C@H]3O)[C@](C)(CO)[C@@H]2CC4)O1. The standard InChI is InChI=1S/C62H98O31/c1-8-27(66)30-15-23(2)62(93-30)16-35(69)61(7)26-9-10-34-58(4,25(26)11-14-60(61,62)6)13-12-36(59(34,5)22-65)88-53-47(80)44(77)41(74)33(87-53)21-83-55-49(38(71)28(67)19-81-55)91-57-51(92-52-46(79)43(76)37(70)24(3)84-52)48(42(75)32(18-64)86-57)89-56-50(39(72)29(68)20-82-56)90-54-45(78)40(73)31(17-63)85-54/h23-24,28-34,36-57,63-65,67-68,70-80H,8-22H2,1-7H3/t23-,24+,28+,29+,30?,31+,32-,33-,34-,36+,37+,38+,39+,40+,41-,42-,43-,44+,45+,46-,47-,48+,49-,50-,51-,52+,53+,54+,55+,56+,57+,58-,59-,60+,61-,62+/m1/s1. The molecule has 4 aliphatic carbocycles. The molecular formula is C62H98O31. The summed E-state index contributed by atoms with van der Waals surface area (Å²) in [6.45, 7) is 9.46. The second kappa shape index (κ2) is 27.5. The first-order chi connectivity index (χ1) is 43.9. The highest BCUT2D eigenvalue weighted by atomic mass is 16.8. The van der Waals surface area contributed by atoms with Crippen LogP contribution in [0.5, 0.6) is 0 Å². The van der Waals surface area contributed by atoms with Gasteiger partial charge in [-0.15, -0.1) is 0 Å². The van der Waals surface area contributed by atoms with E-state index in [2.05, 4.69) is 27.7 Å². The molecule has 532 valence electrons. The van der Waals surface area contributed by atoms with E-state index in [0.717, 1.165) is 5.57 Å². The third kappa shape index (κ3) is 12.0. The molecule has 0 aromatic carbocycles. The zero-order chi connectivity index (χ0) is 67.5. The minimum atomic E-state index is -2.07. The number of aliphatic hydroxyl groups is 16. The Morgan fingerprint density at radius 1 is 0.548 bits per heavy atom. The van der Waals surface area contributed by atoms with Gasteiger partial charge < -0.3 is 143 Å². The fourth-order valence-electron chi connectivity index (χ4n) is 17.8. The average molecular weight is 1340 g/mol. The lowest BCUT2D eigenvalue weighted by molar-refractivity contribution is -0.407. The first kappa shape index (κ1) is 72.2. The van der Waals surface area contributed by atoms with Crippen LogP contribution in [0.4, 0.5) is 0 Å². The second-order valence-corrected chi connectivity index (χ2v) is 28.7. The van der Waals surface area contributed by atoms with E-state index in [1.54, 1.807) is 0 Å². The second-order valence-electron chi connectivity index (χ2n) is 28.7. The van der Waals surface area contributed by atoms with Crippen LogP contribution in [-0.2, 0) is 71.2 Å². The number of Topliss-reactive ketones (excluding diaryl/α,β-unsaturated/α-hetero) is 2. The molecule has 31 heteroatoms. The van der Waals surface area contributed by atoms with E-state index in [9.17, 15) is 91.3 Å². The zero-order valence-electron chi connectivity index (χ0n) is 53.3. The fourth-order valence-corrected chi connectivity index (χ4v) is 17.8. The number of aliphatic hydroxyl groups excluding tert-OH is 16. The Bertz CT molecular complexity index is 2660. The summed E-state index contributed by atoms with van der Waals surface area (Å²) < 4.78 is 79.2. The van der Waals surface area contributed by atoms with Crippen LogP contribution in [0.2, 0.25) is 0 Å². The van der Waals surface area contributed by atoms with E-state index >= 15 is 0 Å². The topological polar surface area (TPSA) is 478 Å². The van der Waals surface area contributed by atoms with Crippen LogP contribution in [0.15, 0.2) is 11.1 Å². The first-order valence-corrected chi connectivity index (χ1v) is 32.8.